The topological polar surface area (TPSA) is 0 Å². The lowest BCUT2D eigenvalue weighted by atomic mass is 10.2. The molecule has 0 aliphatic rings. The molecular formula is C10H20Cl6S4Si2. The predicted molar refractivity (Wildman–Crippen MR) is 124 cm³/mol. The smallest absolute Gasteiger partial charge is 0.126 e. The van der Waals surface area contributed by atoms with E-state index in [2.05, 4.69) is 13.8 Å². The quantitative estimate of drug-likeness (QED) is 0.0995. The molecule has 0 rings (SSSR count). The maximum absolute atomic E-state index is 5.92. The van der Waals surface area contributed by atoms with Gasteiger partial charge in [0, 0.05) is 11.5 Å². The van der Waals surface area contributed by atoms with Gasteiger partial charge in [0.25, 0.3) is 0 Å². The summed E-state index contributed by atoms with van der Waals surface area (Å²) in [5.74, 6) is 3.14. The van der Waals surface area contributed by atoms with Crippen LogP contribution in [0.1, 0.15) is 26.7 Å². The zero-order chi connectivity index (χ0) is 17.2. The maximum atomic E-state index is 5.92. The van der Waals surface area contributed by atoms with Crippen LogP contribution >= 0.6 is 108 Å². The van der Waals surface area contributed by atoms with E-state index in [0.717, 1.165) is 36.4 Å². The average Bonchev–Trinajstić information content (AvgIpc) is 2.27. The van der Waals surface area contributed by atoms with Gasteiger partial charge in [-0.1, -0.05) is 35.4 Å². The van der Waals surface area contributed by atoms with E-state index in [-0.39, 0.29) is 0 Å². The highest BCUT2D eigenvalue weighted by molar-refractivity contribution is 9.26. The summed E-state index contributed by atoms with van der Waals surface area (Å²) in [5.41, 5.74) is 0. The van der Waals surface area contributed by atoms with Gasteiger partial charge in [0.1, 0.15) is 0 Å². The lowest BCUT2D eigenvalue weighted by molar-refractivity contribution is 0.629. The van der Waals surface area contributed by atoms with Crippen LogP contribution in [0.4, 0.5) is 0 Å². The second-order valence-electron chi connectivity index (χ2n) is 5.21. The molecule has 0 amide bonds. The predicted octanol–water partition coefficient (Wildman–Crippen LogP) is 9.03. The first-order valence-corrected chi connectivity index (χ1v) is 22.3. The Morgan fingerprint density at radius 2 is 1.00 bits per heavy atom. The fourth-order valence-corrected chi connectivity index (χ4v) is 14.8. The van der Waals surface area contributed by atoms with Crippen molar-refractivity contribution >= 4 is 120 Å². The molecule has 134 valence electrons. The van der Waals surface area contributed by atoms with E-state index in [1.807, 2.05) is 41.2 Å². The summed E-state index contributed by atoms with van der Waals surface area (Å²) in [6.07, 6.45) is 2.18. The normalized spacial score (nSPS) is 15.8. The van der Waals surface area contributed by atoms with E-state index in [9.17, 15) is 0 Å². The Morgan fingerprint density at radius 3 is 1.27 bits per heavy atom. The van der Waals surface area contributed by atoms with Crippen molar-refractivity contribution in [3.8, 4) is 0 Å². The summed E-state index contributed by atoms with van der Waals surface area (Å²) >= 11 is 35.5. The van der Waals surface area contributed by atoms with Crippen LogP contribution in [0.15, 0.2) is 0 Å². The molecule has 2 unspecified atom stereocenters. The molecule has 0 aromatic carbocycles. The van der Waals surface area contributed by atoms with Gasteiger partial charge in [0.05, 0.1) is 0 Å². The molecule has 0 bridgehead atoms. The van der Waals surface area contributed by atoms with Gasteiger partial charge in [-0.3, -0.25) is 0 Å². The highest BCUT2D eigenvalue weighted by Gasteiger charge is 2.28. The van der Waals surface area contributed by atoms with Gasteiger partial charge in [-0.25, -0.2) is 0 Å². The molecule has 0 aromatic rings. The molecular weight excluding hydrogens is 517 g/mol. The van der Waals surface area contributed by atoms with Gasteiger partial charge in [-0.15, -0.1) is 66.5 Å². The highest BCUT2D eigenvalue weighted by Crippen LogP contribution is 2.44. The molecule has 12 heteroatoms. The minimum absolute atomic E-state index is 0.483. The van der Waals surface area contributed by atoms with Crippen LogP contribution in [0, 0.1) is 11.8 Å². The van der Waals surface area contributed by atoms with E-state index in [1.165, 1.54) is 0 Å². The monoisotopic (exact) mass is 534 g/mol. The number of hydrogen-bond acceptors (Lipinski definition) is 4. The van der Waals surface area contributed by atoms with Gasteiger partial charge in [-0.2, -0.15) is 0 Å². The van der Waals surface area contributed by atoms with Crippen LogP contribution in [0.2, 0.25) is 12.1 Å². The van der Waals surface area contributed by atoms with Gasteiger partial charge in [0.2, 0.25) is 0 Å². The zero-order valence-electron chi connectivity index (χ0n) is 12.3. The molecule has 2 atom stereocenters. The van der Waals surface area contributed by atoms with Crippen LogP contribution < -0.4 is 0 Å². The minimum atomic E-state index is -2.47. The lowest BCUT2D eigenvalue weighted by Crippen LogP contribution is -2.14. The zero-order valence-corrected chi connectivity index (χ0v) is 22.1. The van der Waals surface area contributed by atoms with Crippen molar-refractivity contribution in [2.45, 2.75) is 38.8 Å². The van der Waals surface area contributed by atoms with Gasteiger partial charge < -0.3 is 0 Å². The Hall–Kier alpha value is 3.57. The Balaban J connectivity index is 3.41. The molecule has 0 aromatic heterocycles. The third-order valence-electron chi connectivity index (χ3n) is 2.67. The largest absolute Gasteiger partial charge is 0.341 e. The van der Waals surface area contributed by atoms with Gasteiger partial charge in [-0.05, 0) is 56.4 Å². The van der Waals surface area contributed by atoms with E-state index in [1.54, 1.807) is 0 Å². The van der Waals surface area contributed by atoms with E-state index in [4.69, 9.17) is 66.5 Å². The van der Waals surface area contributed by atoms with Crippen LogP contribution in [-0.2, 0) is 0 Å². The number of halogens is 6. The molecule has 0 spiro atoms. The van der Waals surface area contributed by atoms with Crippen LogP contribution in [0.3, 0.4) is 0 Å². The molecule has 0 saturated heterocycles. The van der Waals surface area contributed by atoms with Crippen molar-refractivity contribution in [1.82, 2.24) is 0 Å². The third-order valence-corrected chi connectivity index (χ3v) is 14.3. The molecule has 0 heterocycles. The summed E-state index contributed by atoms with van der Waals surface area (Å²) in [5, 5.41) is 0. The summed E-state index contributed by atoms with van der Waals surface area (Å²) < 4.78 is 0. The average molecular weight is 537 g/mol. The molecule has 0 aliphatic carbocycles. The van der Waals surface area contributed by atoms with Gasteiger partial charge in [0.15, 0.2) is 0 Å². The number of hydrogen-bond donors (Lipinski definition) is 0. The van der Waals surface area contributed by atoms with Crippen LogP contribution in [0.25, 0.3) is 0 Å². The summed E-state index contributed by atoms with van der Waals surface area (Å²) in [4.78, 5) is 0. The molecule has 0 aliphatic heterocycles. The summed E-state index contributed by atoms with van der Waals surface area (Å²) in [6.45, 7) is 4.30. The minimum Gasteiger partial charge on any atom is -0.126 e. The first-order valence-electron chi connectivity index (χ1n) is 6.71. The van der Waals surface area contributed by atoms with Crippen molar-refractivity contribution < 1.29 is 0 Å². The molecule has 0 radical (unpaired) electrons. The van der Waals surface area contributed by atoms with Crippen LogP contribution in [0.5, 0.6) is 0 Å². The van der Waals surface area contributed by atoms with Crippen molar-refractivity contribution in [2.75, 3.05) is 11.5 Å². The summed E-state index contributed by atoms with van der Waals surface area (Å²) in [6, 6.07) is -3.45. The Bertz CT molecular complexity index is 262. The van der Waals surface area contributed by atoms with Gasteiger partial charge >= 0.3 is 12.0 Å². The second kappa shape index (κ2) is 13.7. The van der Waals surface area contributed by atoms with Crippen molar-refractivity contribution in [2.24, 2.45) is 11.8 Å². The standard InChI is InChI=1S/C10H20Cl6S4Si2/c1-9(7-21(11,12)13)3-5-17-19-20-18-6-4-10(2)8-22(14,15)16/h9-10H,3-8H2,1-2H3. The second-order valence-corrected chi connectivity index (χ2v) is 29.8. The van der Waals surface area contributed by atoms with Crippen molar-refractivity contribution in [1.29, 1.82) is 0 Å². The first kappa shape index (κ1) is 25.6. The SMILES string of the molecule is CC(CCSSSSCCC(C)C[Si](Cl)(Cl)Cl)C[Si](Cl)(Cl)Cl. The summed E-state index contributed by atoms with van der Waals surface area (Å²) in [7, 11) is 7.36. The molecule has 0 fully saturated rings. The lowest BCUT2D eigenvalue weighted by Gasteiger charge is -2.15. The molecule has 22 heavy (non-hydrogen) atoms. The Labute approximate surface area is 180 Å². The number of rotatable bonds is 13. The van der Waals surface area contributed by atoms with Crippen LogP contribution in [-0.4, -0.2) is 23.5 Å². The molecule has 0 nitrogen and oxygen atoms in total. The Kier molecular flexibility index (Phi) is 15.9. The van der Waals surface area contributed by atoms with E-state index >= 15 is 0 Å². The van der Waals surface area contributed by atoms with Crippen molar-refractivity contribution in [3.05, 3.63) is 0 Å². The maximum Gasteiger partial charge on any atom is 0.341 e. The Morgan fingerprint density at radius 1 is 0.682 bits per heavy atom. The highest BCUT2D eigenvalue weighted by atomic mass is 35.8. The first-order chi connectivity index (χ1) is 9.99. The molecule has 0 saturated carbocycles. The van der Waals surface area contributed by atoms with E-state index < -0.39 is 12.0 Å². The molecule has 0 N–H and O–H groups in total. The fraction of sp³-hybridized carbons (Fsp3) is 1.00. The fourth-order valence-electron chi connectivity index (χ4n) is 1.60. The third kappa shape index (κ3) is 19.9. The van der Waals surface area contributed by atoms with E-state index in [0.29, 0.717) is 11.8 Å². The van der Waals surface area contributed by atoms with Crippen molar-refractivity contribution in [3.63, 3.8) is 0 Å².